The highest BCUT2D eigenvalue weighted by Gasteiger charge is 2.37. The molecule has 0 aromatic heterocycles. The first kappa shape index (κ1) is 10.8. The maximum absolute atomic E-state index is 10.4. The fraction of sp³-hybridized carbons (Fsp3) is 1.00. The lowest BCUT2D eigenvalue weighted by Crippen LogP contribution is -2.43. The second-order valence-electron chi connectivity index (χ2n) is 2.67. The molecule has 0 aliphatic rings. The molecule has 0 rings (SSSR count). The van der Waals surface area contributed by atoms with Gasteiger partial charge in [0.05, 0.1) is 0 Å². The molecule has 6 heteroatoms. The zero-order chi connectivity index (χ0) is 9.28. The van der Waals surface area contributed by atoms with Crippen molar-refractivity contribution in [3.05, 3.63) is 0 Å². The van der Waals surface area contributed by atoms with Crippen molar-refractivity contribution in [1.29, 1.82) is 0 Å². The van der Waals surface area contributed by atoms with E-state index >= 15 is 0 Å². The van der Waals surface area contributed by atoms with Gasteiger partial charge in [-0.25, -0.2) is 0 Å². The van der Waals surface area contributed by atoms with Crippen LogP contribution in [0.1, 0.15) is 13.8 Å². The lowest BCUT2D eigenvalue weighted by molar-refractivity contribution is -0.0450. The Kier molecular flexibility index (Phi) is 3.01. The Morgan fingerprint density at radius 2 is 1.82 bits per heavy atom. The molecule has 0 saturated carbocycles. The standard InChI is InChI=1S/C5H12O5S/c1-5(2,10-3)4(6)11(7,8)9/h4,6H,1-3H3,(H,7,8,9). The number of aliphatic hydroxyl groups is 1. The molecular formula is C5H12O5S. The molecule has 0 bridgehead atoms. The maximum atomic E-state index is 10.4. The van der Waals surface area contributed by atoms with Crippen LogP contribution in [-0.4, -0.2) is 36.2 Å². The molecule has 0 aromatic carbocycles. The summed E-state index contributed by atoms with van der Waals surface area (Å²) in [6.07, 6.45) is 0. The molecule has 11 heavy (non-hydrogen) atoms. The molecule has 1 unspecified atom stereocenters. The van der Waals surface area contributed by atoms with Gasteiger partial charge in [-0.1, -0.05) is 0 Å². The van der Waals surface area contributed by atoms with Crippen LogP contribution in [0.25, 0.3) is 0 Å². The fourth-order valence-corrected chi connectivity index (χ4v) is 1.27. The normalized spacial score (nSPS) is 16.5. The van der Waals surface area contributed by atoms with Crippen molar-refractivity contribution in [3.63, 3.8) is 0 Å². The van der Waals surface area contributed by atoms with Gasteiger partial charge in [-0.2, -0.15) is 8.42 Å². The molecule has 0 fully saturated rings. The van der Waals surface area contributed by atoms with Crippen LogP contribution in [0.2, 0.25) is 0 Å². The summed E-state index contributed by atoms with van der Waals surface area (Å²) in [4.78, 5) is 0. The van der Waals surface area contributed by atoms with Crippen molar-refractivity contribution < 1.29 is 22.8 Å². The van der Waals surface area contributed by atoms with E-state index in [9.17, 15) is 8.42 Å². The second kappa shape index (κ2) is 3.06. The van der Waals surface area contributed by atoms with Crippen LogP contribution in [0.5, 0.6) is 0 Å². The van der Waals surface area contributed by atoms with Crippen LogP contribution in [0.3, 0.4) is 0 Å². The predicted octanol–water partition coefficient (Wildman–Crippen LogP) is -0.382. The molecule has 2 N–H and O–H groups in total. The summed E-state index contributed by atoms with van der Waals surface area (Å²) in [5, 5.41) is 8.95. The van der Waals surface area contributed by atoms with Gasteiger partial charge in [0, 0.05) is 7.11 Å². The summed E-state index contributed by atoms with van der Waals surface area (Å²) in [7, 11) is -3.20. The zero-order valence-corrected chi connectivity index (χ0v) is 7.42. The van der Waals surface area contributed by atoms with E-state index in [0.717, 1.165) is 0 Å². The Bertz CT molecular complexity index is 217. The minimum absolute atomic E-state index is 1.24. The van der Waals surface area contributed by atoms with Crippen LogP contribution < -0.4 is 0 Å². The highest BCUT2D eigenvalue weighted by Crippen LogP contribution is 2.17. The third kappa shape index (κ3) is 2.74. The lowest BCUT2D eigenvalue weighted by atomic mass is 10.1. The predicted molar refractivity (Wildman–Crippen MR) is 38.6 cm³/mol. The Morgan fingerprint density at radius 1 is 1.45 bits per heavy atom. The van der Waals surface area contributed by atoms with Crippen molar-refractivity contribution in [2.45, 2.75) is 24.9 Å². The van der Waals surface area contributed by atoms with Gasteiger partial charge in [-0.15, -0.1) is 0 Å². The number of hydrogen-bond acceptors (Lipinski definition) is 4. The molecule has 5 nitrogen and oxygen atoms in total. The van der Waals surface area contributed by atoms with Crippen LogP contribution in [0.4, 0.5) is 0 Å². The van der Waals surface area contributed by atoms with Crippen LogP contribution in [0.15, 0.2) is 0 Å². The van der Waals surface area contributed by atoms with Gasteiger partial charge < -0.3 is 9.84 Å². The van der Waals surface area contributed by atoms with Gasteiger partial charge >= 0.3 is 0 Å². The second-order valence-corrected chi connectivity index (χ2v) is 4.15. The summed E-state index contributed by atoms with van der Waals surface area (Å²) in [6.45, 7) is 2.71. The summed E-state index contributed by atoms with van der Waals surface area (Å²) >= 11 is 0. The van der Waals surface area contributed by atoms with E-state index in [1.54, 1.807) is 0 Å². The Morgan fingerprint density at radius 3 is 1.91 bits per heavy atom. The third-order valence-corrected chi connectivity index (χ3v) is 2.53. The monoisotopic (exact) mass is 184 g/mol. The topological polar surface area (TPSA) is 83.8 Å². The number of hydrogen-bond donors (Lipinski definition) is 2. The van der Waals surface area contributed by atoms with Gasteiger partial charge in [0.2, 0.25) is 5.44 Å². The largest absolute Gasteiger partial charge is 0.375 e. The lowest BCUT2D eigenvalue weighted by Gasteiger charge is -2.26. The van der Waals surface area contributed by atoms with Gasteiger partial charge in [-0.3, -0.25) is 4.55 Å². The molecule has 0 saturated heterocycles. The van der Waals surface area contributed by atoms with Crippen LogP contribution >= 0.6 is 0 Å². The average molecular weight is 184 g/mol. The summed E-state index contributed by atoms with van der Waals surface area (Å²) < 4.78 is 33.8. The van der Waals surface area contributed by atoms with Crippen molar-refractivity contribution >= 4 is 10.1 Å². The smallest absolute Gasteiger partial charge is 0.294 e. The fourth-order valence-electron chi connectivity index (χ4n) is 0.459. The summed E-state index contributed by atoms with van der Waals surface area (Å²) in [5.74, 6) is 0. The van der Waals surface area contributed by atoms with E-state index in [1.807, 2.05) is 0 Å². The highest BCUT2D eigenvalue weighted by molar-refractivity contribution is 7.86. The van der Waals surface area contributed by atoms with Gasteiger partial charge in [0.1, 0.15) is 5.60 Å². The first-order chi connectivity index (χ1) is 4.72. The van der Waals surface area contributed by atoms with Crippen molar-refractivity contribution in [1.82, 2.24) is 0 Å². The summed E-state index contributed by atoms with van der Waals surface area (Å²) in [5.41, 5.74) is -3.21. The number of ether oxygens (including phenoxy) is 1. The van der Waals surface area contributed by atoms with Gasteiger partial charge in [0.25, 0.3) is 10.1 Å². The molecule has 0 aliphatic carbocycles. The molecule has 0 radical (unpaired) electrons. The van der Waals surface area contributed by atoms with E-state index in [2.05, 4.69) is 4.74 Å². The van der Waals surface area contributed by atoms with Crippen molar-refractivity contribution in [2.75, 3.05) is 7.11 Å². The van der Waals surface area contributed by atoms with Gasteiger partial charge in [0.15, 0.2) is 0 Å². The van der Waals surface area contributed by atoms with E-state index in [4.69, 9.17) is 9.66 Å². The molecule has 0 spiro atoms. The minimum atomic E-state index is -4.44. The number of methoxy groups -OCH3 is 1. The average Bonchev–Trinajstić information content (AvgIpc) is 1.84. The zero-order valence-electron chi connectivity index (χ0n) is 6.60. The van der Waals surface area contributed by atoms with Crippen molar-refractivity contribution in [2.24, 2.45) is 0 Å². The number of rotatable bonds is 3. The SMILES string of the molecule is COC(C)(C)C(O)S(=O)(=O)O. The molecule has 0 amide bonds. The first-order valence-electron chi connectivity index (χ1n) is 2.91. The molecule has 0 heterocycles. The molecular weight excluding hydrogens is 172 g/mol. The highest BCUT2D eigenvalue weighted by atomic mass is 32.2. The Hall–Kier alpha value is -0.170. The molecule has 1 atom stereocenters. The summed E-state index contributed by atoms with van der Waals surface area (Å²) in [6, 6.07) is 0. The van der Waals surface area contributed by atoms with Crippen LogP contribution in [0, 0.1) is 0 Å². The van der Waals surface area contributed by atoms with E-state index < -0.39 is 21.2 Å². The number of aliphatic hydroxyl groups excluding tert-OH is 1. The quantitative estimate of drug-likeness (QED) is 0.584. The third-order valence-electron chi connectivity index (χ3n) is 1.40. The van der Waals surface area contributed by atoms with E-state index in [1.165, 1.54) is 21.0 Å². The van der Waals surface area contributed by atoms with E-state index in [0.29, 0.717) is 0 Å². The van der Waals surface area contributed by atoms with Crippen LogP contribution in [-0.2, 0) is 14.9 Å². The van der Waals surface area contributed by atoms with Crippen molar-refractivity contribution in [3.8, 4) is 0 Å². The maximum Gasteiger partial charge on any atom is 0.294 e. The molecule has 68 valence electrons. The Balaban J connectivity index is 4.63. The Labute approximate surface area is 65.7 Å². The van der Waals surface area contributed by atoms with E-state index in [-0.39, 0.29) is 0 Å². The molecule has 0 aromatic rings. The minimum Gasteiger partial charge on any atom is -0.375 e. The van der Waals surface area contributed by atoms with Gasteiger partial charge in [-0.05, 0) is 13.8 Å². The first-order valence-corrected chi connectivity index (χ1v) is 4.41. The molecule has 0 aliphatic heterocycles.